The minimum atomic E-state index is -1.06. The fraction of sp³-hybridized carbons (Fsp3) is 0.273. The zero-order valence-electron chi connectivity index (χ0n) is 15.8. The molecule has 3 N–H and O–H groups in total. The van der Waals surface area contributed by atoms with Gasteiger partial charge in [0.15, 0.2) is 0 Å². The molecule has 6 heteroatoms. The van der Waals surface area contributed by atoms with Crippen molar-refractivity contribution in [2.75, 3.05) is 6.61 Å². The number of nitrogens with one attached hydrogen (secondary N) is 2. The van der Waals surface area contributed by atoms with Crippen LogP contribution < -0.4 is 10.1 Å². The Labute approximate surface area is 163 Å². The van der Waals surface area contributed by atoms with Gasteiger partial charge in [-0.05, 0) is 35.7 Å². The highest BCUT2D eigenvalue weighted by Crippen LogP contribution is 2.19. The largest absolute Gasteiger partial charge is 0.494 e. The lowest BCUT2D eigenvalue weighted by Crippen LogP contribution is -2.43. The standard InChI is InChI=1S/C22H24N2O4/c1-2-10-28-17-7-5-6-15(11-17)12-21(25)24-20(22(26)27)13-16-14-23-19-9-4-3-8-18(16)19/h3-9,11,14,20,23H,2,10,12-13H2,1H3,(H,24,25)(H,26,27). The van der Waals surface area contributed by atoms with Crippen LogP contribution in [-0.4, -0.2) is 34.6 Å². The molecule has 0 spiro atoms. The average Bonchev–Trinajstić information content (AvgIpc) is 3.09. The molecule has 2 aromatic carbocycles. The summed E-state index contributed by atoms with van der Waals surface area (Å²) in [6.07, 6.45) is 3.01. The number of aromatic amines is 1. The molecule has 3 rings (SSSR count). The van der Waals surface area contributed by atoms with Gasteiger partial charge in [0.25, 0.3) is 0 Å². The van der Waals surface area contributed by atoms with Gasteiger partial charge < -0.3 is 20.1 Å². The SMILES string of the molecule is CCCOc1cccc(CC(=O)NC(Cc2c[nH]c3ccccc23)C(=O)O)c1. The zero-order chi connectivity index (χ0) is 19.9. The highest BCUT2D eigenvalue weighted by molar-refractivity contribution is 5.87. The van der Waals surface area contributed by atoms with Crippen LogP contribution in [0.3, 0.4) is 0 Å². The van der Waals surface area contributed by atoms with Crippen LogP contribution in [0.25, 0.3) is 10.9 Å². The molecule has 0 fully saturated rings. The van der Waals surface area contributed by atoms with E-state index < -0.39 is 12.0 Å². The molecule has 6 nitrogen and oxygen atoms in total. The van der Waals surface area contributed by atoms with Crippen LogP contribution in [0.5, 0.6) is 5.75 Å². The monoisotopic (exact) mass is 380 g/mol. The first-order chi connectivity index (χ1) is 13.6. The van der Waals surface area contributed by atoms with Crippen LogP contribution in [-0.2, 0) is 22.4 Å². The van der Waals surface area contributed by atoms with E-state index in [0.717, 1.165) is 28.5 Å². The number of aromatic nitrogens is 1. The number of carbonyl (C=O) groups excluding carboxylic acids is 1. The van der Waals surface area contributed by atoms with Crippen molar-refractivity contribution in [3.8, 4) is 5.75 Å². The van der Waals surface area contributed by atoms with Crippen molar-refractivity contribution in [3.63, 3.8) is 0 Å². The molecule has 1 aromatic heterocycles. The number of para-hydroxylation sites is 1. The van der Waals surface area contributed by atoms with E-state index in [9.17, 15) is 14.7 Å². The molecule has 1 atom stereocenters. The van der Waals surface area contributed by atoms with E-state index in [-0.39, 0.29) is 18.7 Å². The van der Waals surface area contributed by atoms with E-state index >= 15 is 0 Å². The van der Waals surface area contributed by atoms with E-state index in [1.165, 1.54) is 0 Å². The molecule has 0 aliphatic heterocycles. The number of amides is 1. The molecule has 3 aromatic rings. The molecule has 0 aliphatic carbocycles. The second-order valence-electron chi connectivity index (χ2n) is 6.69. The molecule has 0 bridgehead atoms. The lowest BCUT2D eigenvalue weighted by molar-refractivity contribution is -0.141. The second-order valence-corrected chi connectivity index (χ2v) is 6.69. The number of carboxylic acid groups (broad SMARTS) is 1. The van der Waals surface area contributed by atoms with E-state index in [1.807, 2.05) is 55.5 Å². The quantitative estimate of drug-likeness (QED) is 0.531. The lowest BCUT2D eigenvalue weighted by Gasteiger charge is -2.14. The number of fused-ring (bicyclic) bond motifs is 1. The van der Waals surface area contributed by atoms with Crippen molar-refractivity contribution >= 4 is 22.8 Å². The molecule has 0 aliphatic rings. The Morgan fingerprint density at radius 3 is 2.79 bits per heavy atom. The van der Waals surface area contributed by atoms with Gasteiger partial charge >= 0.3 is 5.97 Å². The van der Waals surface area contributed by atoms with E-state index in [1.54, 1.807) is 6.20 Å². The molecule has 0 saturated carbocycles. The summed E-state index contributed by atoms with van der Waals surface area (Å²) in [4.78, 5) is 27.2. The third-order valence-corrected chi connectivity index (χ3v) is 4.47. The number of aliphatic carboxylic acids is 1. The van der Waals surface area contributed by atoms with Crippen LogP contribution in [0.1, 0.15) is 24.5 Å². The number of carbonyl (C=O) groups is 2. The first-order valence-corrected chi connectivity index (χ1v) is 9.35. The summed E-state index contributed by atoms with van der Waals surface area (Å²) >= 11 is 0. The van der Waals surface area contributed by atoms with Crippen molar-refractivity contribution in [3.05, 3.63) is 65.9 Å². The summed E-state index contributed by atoms with van der Waals surface area (Å²) in [7, 11) is 0. The number of H-pyrrole nitrogens is 1. The number of rotatable bonds is 9. The van der Waals surface area contributed by atoms with Crippen molar-refractivity contribution in [1.29, 1.82) is 0 Å². The molecule has 0 radical (unpaired) electrons. The van der Waals surface area contributed by atoms with Crippen LogP contribution in [0.2, 0.25) is 0 Å². The van der Waals surface area contributed by atoms with Crippen molar-refractivity contribution in [2.24, 2.45) is 0 Å². The lowest BCUT2D eigenvalue weighted by atomic mass is 10.0. The van der Waals surface area contributed by atoms with Crippen LogP contribution in [0.15, 0.2) is 54.7 Å². The third-order valence-electron chi connectivity index (χ3n) is 4.47. The van der Waals surface area contributed by atoms with Crippen LogP contribution in [0, 0.1) is 0 Å². The maximum Gasteiger partial charge on any atom is 0.326 e. The number of hydrogen-bond donors (Lipinski definition) is 3. The van der Waals surface area contributed by atoms with Crippen LogP contribution in [0.4, 0.5) is 0 Å². The molecular weight excluding hydrogens is 356 g/mol. The minimum Gasteiger partial charge on any atom is -0.494 e. The molecular formula is C22H24N2O4. The topological polar surface area (TPSA) is 91.4 Å². The molecule has 1 unspecified atom stereocenters. The Hall–Kier alpha value is -3.28. The van der Waals surface area contributed by atoms with Crippen molar-refractivity contribution in [2.45, 2.75) is 32.2 Å². The predicted octanol–water partition coefficient (Wildman–Crippen LogP) is 3.31. The highest BCUT2D eigenvalue weighted by Gasteiger charge is 2.22. The second kappa shape index (κ2) is 9.08. The van der Waals surface area contributed by atoms with Gasteiger partial charge in [0.1, 0.15) is 11.8 Å². The molecule has 146 valence electrons. The molecule has 1 heterocycles. The van der Waals surface area contributed by atoms with Gasteiger partial charge in [-0.1, -0.05) is 37.3 Å². The Kier molecular flexibility index (Phi) is 6.32. The normalized spacial score (nSPS) is 11.9. The fourth-order valence-electron chi connectivity index (χ4n) is 3.12. The van der Waals surface area contributed by atoms with E-state index in [2.05, 4.69) is 10.3 Å². The van der Waals surface area contributed by atoms with Gasteiger partial charge in [0.05, 0.1) is 13.0 Å². The van der Waals surface area contributed by atoms with Gasteiger partial charge in [-0.3, -0.25) is 4.79 Å². The maximum absolute atomic E-state index is 12.4. The summed E-state index contributed by atoms with van der Waals surface area (Å²) in [6, 6.07) is 14.0. The van der Waals surface area contributed by atoms with Crippen LogP contribution >= 0.6 is 0 Å². The number of hydrogen-bond acceptors (Lipinski definition) is 3. The van der Waals surface area contributed by atoms with E-state index in [4.69, 9.17) is 4.74 Å². The van der Waals surface area contributed by atoms with Crippen molar-refractivity contribution < 1.29 is 19.4 Å². The van der Waals surface area contributed by atoms with E-state index in [0.29, 0.717) is 12.4 Å². The highest BCUT2D eigenvalue weighted by atomic mass is 16.5. The van der Waals surface area contributed by atoms with Gasteiger partial charge in [-0.25, -0.2) is 4.79 Å². The average molecular weight is 380 g/mol. The van der Waals surface area contributed by atoms with Gasteiger partial charge in [-0.15, -0.1) is 0 Å². The van der Waals surface area contributed by atoms with Crippen molar-refractivity contribution in [1.82, 2.24) is 10.3 Å². The zero-order valence-corrected chi connectivity index (χ0v) is 15.8. The smallest absolute Gasteiger partial charge is 0.326 e. The Morgan fingerprint density at radius 1 is 1.18 bits per heavy atom. The first-order valence-electron chi connectivity index (χ1n) is 9.35. The molecule has 0 saturated heterocycles. The Balaban J connectivity index is 1.65. The first kappa shape index (κ1) is 19.5. The Bertz CT molecular complexity index is 964. The van der Waals surface area contributed by atoms with Gasteiger partial charge in [-0.2, -0.15) is 0 Å². The van der Waals surface area contributed by atoms with Gasteiger partial charge in [0, 0.05) is 23.5 Å². The summed E-state index contributed by atoms with van der Waals surface area (Å²) in [5, 5.41) is 13.2. The van der Waals surface area contributed by atoms with Gasteiger partial charge in [0.2, 0.25) is 5.91 Å². The number of ether oxygens (including phenoxy) is 1. The predicted molar refractivity (Wildman–Crippen MR) is 108 cm³/mol. The molecule has 1 amide bonds. The third kappa shape index (κ3) is 4.91. The molecule has 28 heavy (non-hydrogen) atoms. The Morgan fingerprint density at radius 2 is 2.00 bits per heavy atom. The summed E-state index contributed by atoms with van der Waals surface area (Å²) in [5.74, 6) is -0.681. The minimum absolute atomic E-state index is 0.0982. The maximum atomic E-state index is 12.4. The number of benzene rings is 2. The number of carboxylic acids is 1. The summed E-state index contributed by atoms with van der Waals surface area (Å²) in [6.45, 7) is 2.64. The summed E-state index contributed by atoms with van der Waals surface area (Å²) < 4.78 is 5.58. The fourth-order valence-corrected chi connectivity index (χ4v) is 3.12. The summed E-state index contributed by atoms with van der Waals surface area (Å²) in [5.41, 5.74) is 2.58.